The molecule has 1 rings (SSSR count). The van der Waals surface area contributed by atoms with Gasteiger partial charge in [-0.05, 0) is 12.1 Å². The van der Waals surface area contributed by atoms with E-state index in [9.17, 15) is 4.79 Å². The molecule has 5 heteroatoms. The molecule has 0 saturated carbocycles. The molecule has 5 nitrogen and oxygen atoms in total. The van der Waals surface area contributed by atoms with E-state index in [0.29, 0.717) is 12.3 Å². The Hall–Kier alpha value is -1.62. The molecule has 0 radical (unpaired) electrons. The van der Waals surface area contributed by atoms with Crippen LogP contribution in [0.15, 0.2) is 24.5 Å². The van der Waals surface area contributed by atoms with Crippen LogP contribution < -0.4 is 4.74 Å². The molecule has 0 aliphatic heterocycles. The number of ether oxygens (including phenoxy) is 1. The third-order valence-corrected chi connectivity index (χ3v) is 1.86. The quantitative estimate of drug-likeness (QED) is 0.737. The lowest BCUT2D eigenvalue weighted by molar-refractivity contribution is -0.132. The number of carbonyl (C=O) groups excluding carboxylic acids is 1. The maximum atomic E-state index is 11.4. The molecule has 0 unspecified atom stereocenters. The Balaban J connectivity index is 2.34. The zero-order chi connectivity index (χ0) is 11.1. The Bertz CT molecular complexity index is 303. The fourth-order valence-corrected chi connectivity index (χ4v) is 0.962. The molecule has 0 atom stereocenters. The van der Waals surface area contributed by atoms with Crippen LogP contribution in [0.25, 0.3) is 0 Å². The molecule has 15 heavy (non-hydrogen) atoms. The average molecular weight is 210 g/mol. The Morgan fingerprint density at radius 1 is 1.67 bits per heavy atom. The molecule has 0 fully saturated rings. The molecule has 1 amide bonds. The van der Waals surface area contributed by atoms with Gasteiger partial charge in [-0.1, -0.05) is 0 Å². The first kappa shape index (κ1) is 11.5. The van der Waals surface area contributed by atoms with Gasteiger partial charge in [0.2, 0.25) is 0 Å². The van der Waals surface area contributed by atoms with E-state index in [1.165, 1.54) is 4.90 Å². The maximum absolute atomic E-state index is 11.4. The highest BCUT2D eigenvalue weighted by molar-refractivity contribution is 5.77. The van der Waals surface area contributed by atoms with Crippen molar-refractivity contribution in [3.8, 4) is 5.75 Å². The van der Waals surface area contributed by atoms with Crippen molar-refractivity contribution < 1.29 is 14.6 Å². The number of rotatable bonds is 5. The molecule has 1 heterocycles. The summed E-state index contributed by atoms with van der Waals surface area (Å²) >= 11 is 0. The van der Waals surface area contributed by atoms with Gasteiger partial charge in [0, 0.05) is 19.8 Å². The molecule has 0 saturated heterocycles. The van der Waals surface area contributed by atoms with Crippen LogP contribution >= 0.6 is 0 Å². The number of aliphatic hydroxyl groups is 1. The molecule has 0 aromatic carbocycles. The van der Waals surface area contributed by atoms with Gasteiger partial charge in [-0.25, -0.2) is 0 Å². The van der Waals surface area contributed by atoms with Crippen molar-refractivity contribution in [1.29, 1.82) is 0 Å². The van der Waals surface area contributed by atoms with Crippen LogP contribution in [0.4, 0.5) is 0 Å². The van der Waals surface area contributed by atoms with Crippen molar-refractivity contribution in [2.45, 2.75) is 0 Å². The Kier molecular flexibility index (Phi) is 4.56. The zero-order valence-electron chi connectivity index (χ0n) is 8.59. The van der Waals surface area contributed by atoms with Crippen LogP contribution in [0.2, 0.25) is 0 Å². The molecule has 82 valence electrons. The van der Waals surface area contributed by atoms with Gasteiger partial charge in [0.25, 0.3) is 5.91 Å². The maximum Gasteiger partial charge on any atom is 0.260 e. The number of pyridine rings is 1. The minimum atomic E-state index is -0.173. The third kappa shape index (κ3) is 3.95. The summed E-state index contributed by atoms with van der Waals surface area (Å²) in [6.45, 7) is 0.229. The van der Waals surface area contributed by atoms with Crippen LogP contribution in [0, 0.1) is 0 Å². The van der Waals surface area contributed by atoms with Crippen LogP contribution in [0.3, 0.4) is 0 Å². The van der Waals surface area contributed by atoms with Crippen molar-refractivity contribution in [2.24, 2.45) is 0 Å². The predicted octanol–water partition coefficient (Wildman–Crippen LogP) is -0.0889. The fourth-order valence-electron chi connectivity index (χ4n) is 0.962. The van der Waals surface area contributed by atoms with E-state index in [0.717, 1.165) is 0 Å². The lowest BCUT2D eigenvalue weighted by atomic mass is 10.4. The molecule has 1 aromatic heterocycles. The standard InChI is InChI=1S/C10H14N2O3/c1-12(5-6-13)10(14)8-15-9-3-2-4-11-7-9/h2-4,7,13H,5-6,8H2,1H3. The van der Waals surface area contributed by atoms with Gasteiger partial charge in [-0.2, -0.15) is 0 Å². The first-order valence-corrected chi connectivity index (χ1v) is 4.61. The second-order valence-corrected chi connectivity index (χ2v) is 3.02. The SMILES string of the molecule is CN(CCO)C(=O)COc1cccnc1. The molecule has 0 aliphatic carbocycles. The van der Waals surface area contributed by atoms with Gasteiger partial charge >= 0.3 is 0 Å². The summed E-state index contributed by atoms with van der Waals surface area (Å²) in [6, 6.07) is 3.46. The number of amides is 1. The average Bonchev–Trinajstić information content (AvgIpc) is 2.27. The minimum Gasteiger partial charge on any atom is -0.482 e. The van der Waals surface area contributed by atoms with Gasteiger partial charge in [0.15, 0.2) is 6.61 Å². The molecular weight excluding hydrogens is 196 g/mol. The summed E-state index contributed by atoms with van der Waals surface area (Å²) in [4.78, 5) is 16.6. The summed E-state index contributed by atoms with van der Waals surface area (Å²) in [5.74, 6) is 0.385. The third-order valence-electron chi connectivity index (χ3n) is 1.86. The lowest BCUT2D eigenvalue weighted by Gasteiger charge is -2.15. The van der Waals surface area contributed by atoms with E-state index in [1.807, 2.05) is 0 Å². The molecule has 0 spiro atoms. The Morgan fingerprint density at radius 2 is 2.47 bits per heavy atom. The molecule has 1 N–H and O–H groups in total. The Morgan fingerprint density at radius 3 is 3.07 bits per heavy atom. The lowest BCUT2D eigenvalue weighted by Crippen LogP contribution is -2.33. The van der Waals surface area contributed by atoms with Crippen molar-refractivity contribution in [1.82, 2.24) is 9.88 Å². The molecular formula is C10H14N2O3. The number of aliphatic hydroxyl groups excluding tert-OH is 1. The number of aromatic nitrogens is 1. The summed E-state index contributed by atoms with van der Waals surface area (Å²) in [5, 5.41) is 8.63. The predicted molar refractivity (Wildman–Crippen MR) is 54.5 cm³/mol. The summed E-state index contributed by atoms with van der Waals surface area (Å²) in [6.07, 6.45) is 3.17. The van der Waals surface area contributed by atoms with Crippen LogP contribution in [0.5, 0.6) is 5.75 Å². The summed E-state index contributed by atoms with van der Waals surface area (Å²) in [5.41, 5.74) is 0. The van der Waals surface area contributed by atoms with Crippen molar-refractivity contribution in [3.05, 3.63) is 24.5 Å². The monoisotopic (exact) mass is 210 g/mol. The number of carbonyl (C=O) groups is 1. The molecule has 0 aliphatic rings. The molecule has 0 bridgehead atoms. The molecule has 1 aromatic rings. The van der Waals surface area contributed by atoms with Crippen molar-refractivity contribution in [3.63, 3.8) is 0 Å². The van der Waals surface area contributed by atoms with Gasteiger partial charge in [0.05, 0.1) is 12.8 Å². The number of likely N-dealkylation sites (N-methyl/N-ethyl adjacent to an activating group) is 1. The highest BCUT2D eigenvalue weighted by Gasteiger charge is 2.08. The van der Waals surface area contributed by atoms with Crippen LogP contribution in [-0.4, -0.2) is 47.7 Å². The normalized spacial score (nSPS) is 9.73. The minimum absolute atomic E-state index is 0.0395. The second-order valence-electron chi connectivity index (χ2n) is 3.02. The largest absolute Gasteiger partial charge is 0.482 e. The van der Waals surface area contributed by atoms with E-state index in [-0.39, 0.29) is 19.1 Å². The van der Waals surface area contributed by atoms with E-state index < -0.39 is 0 Å². The first-order valence-electron chi connectivity index (χ1n) is 4.61. The smallest absolute Gasteiger partial charge is 0.260 e. The van der Waals surface area contributed by atoms with Crippen LogP contribution in [0.1, 0.15) is 0 Å². The van der Waals surface area contributed by atoms with Gasteiger partial charge in [0.1, 0.15) is 5.75 Å². The van der Waals surface area contributed by atoms with E-state index in [2.05, 4.69) is 4.98 Å². The fraction of sp³-hybridized carbons (Fsp3) is 0.400. The summed E-state index contributed by atoms with van der Waals surface area (Å²) < 4.78 is 5.20. The topological polar surface area (TPSA) is 62.7 Å². The van der Waals surface area contributed by atoms with Crippen molar-refractivity contribution >= 4 is 5.91 Å². The van der Waals surface area contributed by atoms with Gasteiger partial charge < -0.3 is 14.7 Å². The number of hydrogen-bond acceptors (Lipinski definition) is 4. The highest BCUT2D eigenvalue weighted by Crippen LogP contribution is 2.05. The van der Waals surface area contributed by atoms with Gasteiger partial charge in [-0.15, -0.1) is 0 Å². The van der Waals surface area contributed by atoms with E-state index in [4.69, 9.17) is 9.84 Å². The Labute approximate surface area is 88.3 Å². The zero-order valence-corrected chi connectivity index (χ0v) is 8.59. The van der Waals surface area contributed by atoms with Crippen molar-refractivity contribution in [2.75, 3.05) is 26.8 Å². The van der Waals surface area contributed by atoms with Gasteiger partial charge in [-0.3, -0.25) is 9.78 Å². The number of nitrogens with zero attached hydrogens (tertiary/aromatic N) is 2. The summed E-state index contributed by atoms with van der Waals surface area (Å²) in [7, 11) is 1.62. The van der Waals surface area contributed by atoms with E-state index >= 15 is 0 Å². The number of hydrogen-bond donors (Lipinski definition) is 1. The first-order chi connectivity index (χ1) is 7.24. The highest BCUT2D eigenvalue weighted by atomic mass is 16.5. The second kappa shape index (κ2) is 5.98. The van der Waals surface area contributed by atoms with Crippen LogP contribution in [-0.2, 0) is 4.79 Å². The van der Waals surface area contributed by atoms with E-state index in [1.54, 1.807) is 31.6 Å².